The van der Waals surface area contributed by atoms with Crippen molar-refractivity contribution in [3.63, 3.8) is 0 Å². The van der Waals surface area contributed by atoms with E-state index < -0.39 is 0 Å². The summed E-state index contributed by atoms with van der Waals surface area (Å²) >= 11 is 2.43. The van der Waals surface area contributed by atoms with Crippen LogP contribution in [0.25, 0.3) is 0 Å². The van der Waals surface area contributed by atoms with E-state index in [1.54, 1.807) is 6.92 Å². The average molecular weight is 165 g/mol. The fraction of sp³-hybridized carbons (Fsp3) is 0.500. The van der Waals surface area contributed by atoms with Gasteiger partial charge in [-0.1, -0.05) is 0 Å². The summed E-state index contributed by atoms with van der Waals surface area (Å²) in [6.07, 6.45) is 0. The van der Waals surface area contributed by atoms with Gasteiger partial charge in [-0.2, -0.15) is 0 Å². The van der Waals surface area contributed by atoms with Gasteiger partial charge in [0.05, 0.1) is 0 Å². The molecule has 0 aromatic rings. The fourth-order valence-electron chi connectivity index (χ4n) is 0.176. The molecule has 3 heteroatoms. The molecule has 0 unspecified atom stereocenters. The van der Waals surface area contributed by atoms with Gasteiger partial charge in [-0.15, -0.1) is 0 Å². The Kier molecular flexibility index (Phi) is 3.95. The van der Waals surface area contributed by atoms with Crippen molar-refractivity contribution >= 4 is 26.5 Å². The van der Waals surface area contributed by atoms with Gasteiger partial charge in [-0.05, 0) is 0 Å². The normalized spacial score (nSPS) is 7.57. The summed E-state index contributed by atoms with van der Waals surface area (Å²) in [5, 5.41) is 0. The van der Waals surface area contributed by atoms with Crippen molar-refractivity contribution in [2.24, 2.45) is 0 Å². The number of ether oxygens (including phenoxy) is 1. The predicted octanol–water partition coefficient (Wildman–Crippen LogP) is -0.480. The van der Waals surface area contributed by atoms with E-state index in [1.807, 2.05) is 0 Å². The van der Waals surface area contributed by atoms with Crippen LogP contribution in [0.5, 0.6) is 0 Å². The Balaban J connectivity index is 3.17. The third kappa shape index (κ3) is 3.70. The molecule has 40 valence electrons. The monoisotopic (exact) mass is 166 g/mol. The minimum atomic E-state index is -0.303. The zero-order valence-electron chi connectivity index (χ0n) is 4.01. The molecule has 0 fully saturated rings. The Morgan fingerprint density at radius 2 is 2.57 bits per heavy atom. The summed E-state index contributed by atoms with van der Waals surface area (Å²) in [5.74, 6) is -0.303. The summed E-state index contributed by atoms with van der Waals surface area (Å²) < 4.78 is 4.47. The summed E-state index contributed by atoms with van der Waals surface area (Å²) in [4.78, 5) is 11.4. The van der Waals surface area contributed by atoms with Gasteiger partial charge >= 0.3 is 49.5 Å². The van der Waals surface area contributed by atoms with E-state index in [1.165, 1.54) is 4.92 Å². The molecule has 0 radical (unpaired) electrons. The first-order chi connectivity index (χ1) is 3.31. The number of carbonyl (C=O) groups is 1. The van der Waals surface area contributed by atoms with Gasteiger partial charge in [0, 0.05) is 0 Å². The third-order valence-electron chi connectivity index (χ3n) is 0.383. The van der Waals surface area contributed by atoms with Crippen LogP contribution >= 0.6 is 0 Å². The molecule has 0 bridgehead atoms. The average Bonchev–Trinajstić information content (AvgIpc) is 1.68. The molecule has 0 aliphatic heterocycles. The maximum atomic E-state index is 10.1. The van der Waals surface area contributed by atoms with Gasteiger partial charge in [0.1, 0.15) is 0 Å². The van der Waals surface area contributed by atoms with Gasteiger partial charge < -0.3 is 0 Å². The Hall–Kier alpha value is -0.141. The molecule has 7 heavy (non-hydrogen) atoms. The van der Waals surface area contributed by atoms with Crippen LogP contribution in [0, 0.1) is 0 Å². The molecule has 0 spiro atoms. The second-order valence-corrected chi connectivity index (χ2v) is 1.36. The van der Waals surface area contributed by atoms with Crippen LogP contribution in [0.15, 0.2) is 0 Å². The predicted molar refractivity (Wildman–Crippen MR) is 28.5 cm³/mol. The molecular formula is C4H6O2Se. The van der Waals surface area contributed by atoms with Gasteiger partial charge in [-0.25, -0.2) is 0 Å². The van der Waals surface area contributed by atoms with Gasteiger partial charge in [0.25, 0.3) is 0 Å². The fourth-order valence-corrected chi connectivity index (χ4v) is 0.319. The zero-order chi connectivity index (χ0) is 5.70. The summed E-state index contributed by atoms with van der Waals surface area (Å²) in [6, 6.07) is 0. The zero-order valence-corrected chi connectivity index (χ0v) is 5.72. The van der Waals surface area contributed by atoms with E-state index in [9.17, 15) is 4.79 Å². The molecule has 0 saturated carbocycles. The number of rotatable bonds is 2. The van der Waals surface area contributed by atoms with Crippen molar-refractivity contribution in [1.82, 2.24) is 0 Å². The molecule has 0 rings (SSSR count). The van der Waals surface area contributed by atoms with Crippen molar-refractivity contribution in [2.45, 2.75) is 6.92 Å². The van der Waals surface area contributed by atoms with E-state index in [2.05, 4.69) is 20.3 Å². The molecule has 0 aromatic heterocycles. The Bertz CT molecular complexity index is 79.8. The van der Waals surface area contributed by atoms with E-state index >= 15 is 0 Å². The first-order valence-corrected chi connectivity index (χ1v) is 2.92. The Morgan fingerprint density at radius 3 is 2.71 bits per heavy atom. The number of carbonyl (C=O) groups excluding carboxylic acids is 1. The van der Waals surface area contributed by atoms with Crippen molar-refractivity contribution in [2.75, 3.05) is 6.61 Å². The Labute approximate surface area is 50.2 Å². The van der Waals surface area contributed by atoms with Crippen molar-refractivity contribution in [1.29, 1.82) is 0 Å². The first-order valence-electron chi connectivity index (χ1n) is 1.93. The topological polar surface area (TPSA) is 26.3 Å². The standard InChI is InChI=1S/C4H6O2Se/c1-2-6-4(5)3-7/h3H,2H2,1H3. The molecule has 0 aliphatic carbocycles. The molecule has 0 aliphatic rings. The van der Waals surface area contributed by atoms with Gasteiger partial charge in [-0.3, -0.25) is 0 Å². The van der Waals surface area contributed by atoms with Gasteiger partial charge in [0.2, 0.25) is 0 Å². The molecular weight excluding hydrogens is 159 g/mol. The van der Waals surface area contributed by atoms with Crippen LogP contribution in [0.1, 0.15) is 6.92 Å². The van der Waals surface area contributed by atoms with E-state index in [-0.39, 0.29) is 5.97 Å². The third-order valence-corrected chi connectivity index (χ3v) is 0.787. The second kappa shape index (κ2) is 4.03. The van der Waals surface area contributed by atoms with Crippen LogP contribution in [0.2, 0.25) is 0 Å². The first kappa shape index (κ1) is 6.86. The summed E-state index contributed by atoms with van der Waals surface area (Å²) in [7, 11) is 0. The Morgan fingerprint density at radius 1 is 2.00 bits per heavy atom. The van der Waals surface area contributed by atoms with Crippen LogP contribution < -0.4 is 0 Å². The SMILES string of the molecule is CCOC(=O)C=[Se]. The van der Waals surface area contributed by atoms with Crippen molar-refractivity contribution in [3.05, 3.63) is 0 Å². The molecule has 0 aromatic carbocycles. The van der Waals surface area contributed by atoms with Crippen LogP contribution in [-0.2, 0) is 9.53 Å². The minimum absolute atomic E-state index is 0.303. The van der Waals surface area contributed by atoms with Crippen LogP contribution in [0.3, 0.4) is 0 Å². The molecule has 0 amide bonds. The van der Waals surface area contributed by atoms with Crippen LogP contribution in [-0.4, -0.2) is 33.1 Å². The van der Waals surface area contributed by atoms with Crippen molar-refractivity contribution < 1.29 is 9.53 Å². The molecule has 0 heterocycles. The van der Waals surface area contributed by atoms with E-state index in [4.69, 9.17) is 0 Å². The van der Waals surface area contributed by atoms with Crippen LogP contribution in [0.4, 0.5) is 0 Å². The van der Waals surface area contributed by atoms with E-state index in [0.717, 1.165) is 0 Å². The van der Waals surface area contributed by atoms with E-state index in [0.29, 0.717) is 6.61 Å². The second-order valence-electron chi connectivity index (χ2n) is 0.870. The summed E-state index contributed by atoms with van der Waals surface area (Å²) in [6.45, 7) is 2.21. The molecule has 0 saturated heterocycles. The molecule has 0 N–H and O–H groups in total. The number of hydrogen-bond donors (Lipinski definition) is 0. The molecule has 2 nitrogen and oxygen atoms in total. The van der Waals surface area contributed by atoms with Crippen molar-refractivity contribution in [3.8, 4) is 0 Å². The van der Waals surface area contributed by atoms with Gasteiger partial charge in [0.15, 0.2) is 0 Å². The quantitative estimate of drug-likeness (QED) is 0.408. The summed E-state index contributed by atoms with van der Waals surface area (Å²) in [5.41, 5.74) is 0. The maximum absolute atomic E-state index is 10.1. The molecule has 0 atom stereocenters. The number of hydrogen-bond acceptors (Lipinski definition) is 2. The number of esters is 1.